The van der Waals surface area contributed by atoms with Gasteiger partial charge in [-0.15, -0.1) is 11.3 Å². The molecule has 4 rings (SSSR count). The van der Waals surface area contributed by atoms with Gasteiger partial charge in [-0.1, -0.05) is 13.0 Å². The van der Waals surface area contributed by atoms with Crippen LogP contribution in [0.5, 0.6) is 0 Å². The van der Waals surface area contributed by atoms with Gasteiger partial charge in [0, 0.05) is 37.6 Å². The van der Waals surface area contributed by atoms with Gasteiger partial charge in [0.05, 0.1) is 5.60 Å². The number of nitrogens with zero attached hydrogens (tertiary/aromatic N) is 2. The Bertz CT molecular complexity index is 570. The summed E-state index contributed by atoms with van der Waals surface area (Å²) in [6, 6.07) is 4.35. The monoisotopic (exact) mass is 348 g/mol. The second kappa shape index (κ2) is 6.77. The third kappa shape index (κ3) is 3.14. The van der Waals surface area contributed by atoms with Crippen LogP contribution in [0.2, 0.25) is 0 Å². The summed E-state index contributed by atoms with van der Waals surface area (Å²) >= 11 is 1.84. The van der Waals surface area contributed by atoms with Crippen molar-refractivity contribution < 1.29 is 9.53 Å². The average molecular weight is 349 g/mol. The number of carbonyl (C=O) groups is 1. The Morgan fingerprint density at radius 3 is 2.88 bits per heavy atom. The van der Waals surface area contributed by atoms with Crippen LogP contribution in [0.4, 0.5) is 0 Å². The highest BCUT2D eigenvalue weighted by Crippen LogP contribution is 2.43. The van der Waals surface area contributed by atoms with E-state index in [0.29, 0.717) is 5.92 Å². The molecule has 132 valence electrons. The van der Waals surface area contributed by atoms with Gasteiger partial charge in [0.25, 0.3) is 5.91 Å². The van der Waals surface area contributed by atoms with Gasteiger partial charge in [-0.05, 0) is 49.5 Å². The van der Waals surface area contributed by atoms with E-state index < -0.39 is 0 Å². The van der Waals surface area contributed by atoms with Crippen molar-refractivity contribution >= 4 is 17.2 Å². The van der Waals surface area contributed by atoms with Gasteiger partial charge < -0.3 is 9.64 Å². The van der Waals surface area contributed by atoms with Crippen LogP contribution in [0.25, 0.3) is 0 Å². The summed E-state index contributed by atoms with van der Waals surface area (Å²) in [6.45, 7) is 7.36. The Balaban J connectivity index is 1.35. The molecule has 3 aliphatic rings. The highest BCUT2D eigenvalue weighted by Gasteiger charge is 2.49. The van der Waals surface area contributed by atoms with E-state index in [9.17, 15) is 4.79 Å². The van der Waals surface area contributed by atoms with Gasteiger partial charge >= 0.3 is 0 Å². The van der Waals surface area contributed by atoms with Gasteiger partial charge in [-0.3, -0.25) is 9.69 Å². The first-order chi connectivity index (χ1) is 11.7. The quantitative estimate of drug-likeness (QED) is 0.841. The van der Waals surface area contributed by atoms with Crippen LogP contribution >= 0.6 is 11.3 Å². The minimum atomic E-state index is -0.186. The lowest BCUT2D eigenvalue weighted by Gasteiger charge is -2.44. The van der Waals surface area contributed by atoms with Crippen LogP contribution in [0, 0.1) is 5.92 Å². The van der Waals surface area contributed by atoms with E-state index in [1.807, 2.05) is 16.2 Å². The Morgan fingerprint density at radius 1 is 1.33 bits per heavy atom. The Hall–Kier alpha value is -0.910. The number of likely N-dealkylation sites (tertiary alicyclic amines) is 2. The molecule has 1 spiro atoms. The summed E-state index contributed by atoms with van der Waals surface area (Å²) in [5.74, 6) is 0.736. The SMILES string of the molecule is C[C@@H]1CN(Cc2cccs2)CC[C@@]12CC[C@H](C(=O)N1CCCC1)O2. The number of hydrogen-bond donors (Lipinski definition) is 0. The molecule has 1 aromatic rings. The minimum Gasteiger partial charge on any atom is -0.362 e. The summed E-state index contributed by atoms with van der Waals surface area (Å²) in [6.07, 6.45) is 5.13. The van der Waals surface area contributed by atoms with Gasteiger partial charge in [0.2, 0.25) is 0 Å². The van der Waals surface area contributed by atoms with Crippen molar-refractivity contribution in [1.29, 1.82) is 0 Å². The largest absolute Gasteiger partial charge is 0.362 e. The third-order valence-electron chi connectivity index (χ3n) is 6.14. The van der Waals surface area contributed by atoms with E-state index in [1.54, 1.807) is 0 Å². The lowest BCUT2D eigenvalue weighted by Crippen LogP contribution is -2.51. The molecule has 0 aliphatic carbocycles. The number of piperidine rings is 1. The van der Waals surface area contributed by atoms with E-state index in [2.05, 4.69) is 29.3 Å². The predicted octanol–water partition coefficient (Wildman–Crippen LogP) is 3.13. The van der Waals surface area contributed by atoms with Gasteiger partial charge in [-0.2, -0.15) is 0 Å². The molecule has 0 unspecified atom stereocenters. The van der Waals surface area contributed by atoms with Crippen molar-refractivity contribution in [3.05, 3.63) is 22.4 Å². The zero-order valence-corrected chi connectivity index (χ0v) is 15.4. The predicted molar refractivity (Wildman–Crippen MR) is 96.0 cm³/mol. The maximum absolute atomic E-state index is 12.6. The summed E-state index contributed by atoms with van der Waals surface area (Å²) in [7, 11) is 0. The normalized spacial score (nSPS) is 34.3. The molecule has 5 heteroatoms. The molecule has 0 bridgehead atoms. The van der Waals surface area contributed by atoms with E-state index >= 15 is 0 Å². The number of amides is 1. The molecule has 4 heterocycles. The minimum absolute atomic E-state index is 0.0635. The second-order valence-electron chi connectivity index (χ2n) is 7.71. The number of carbonyl (C=O) groups excluding carboxylic acids is 1. The molecular weight excluding hydrogens is 320 g/mol. The van der Waals surface area contributed by atoms with Crippen molar-refractivity contribution in [2.45, 2.75) is 57.3 Å². The first kappa shape index (κ1) is 16.6. The summed E-state index contributed by atoms with van der Waals surface area (Å²) in [5, 5.41) is 2.15. The van der Waals surface area contributed by atoms with Crippen LogP contribution in [0.3, 0.4) is 0 Å². The molecule has 1 aromatic heterocycles. The lowest BCUT2D eigenvalue weighted by atomic mass is 9.80. The van der Waals surface area contributed by atoms with Gasteiger partial charge in [0.15, 0.2) is 0 Å². The second-order valence-corrected chi connectivity index (χ2v) is 8.74. The molecular formula is C19H28N2O2S. The topological polar surface area (TPSA) is 32.8 Å². The Labute approximate surface area is 148 Å². The molecule has 0 N–H and O–H groups in total. The highest BCUT2D eigenvalue weighted by molar-refractivity contribution is 7.09. The summed E-state index contributed by atoms with van der Waals surface area (Å²) in [4.78, 5) is 18.6. The van der Waals surface area contributed by atoms with Crippen molar-refractivity contribution in [2.24, 2.45) is 5.92 Å². The maximum atomic E-state index is 12.6. The zero-order chi connectivity index (χ0) is 16.6. The first-order valence-corrected chi connectivity index (χ1v) is 10.3. The maximum Gasteiger partial charge on any atom is 0.251 e. The van der Waals surface area contributed by atoms with Crippen molar-refractivity contribution in [2.75, 3.05) is 26.2 Å². The van der Waals surface area contributed by atoms with Crippen LogP contribution < -0.4 is 0 Å². The highest BCUT2D eigenvalue weighted by atomic mass is 32.1. The first-order valence-electron chi connectivity index (χ1n) is 9.38. The number of thiophene rings is 1. The molecule has 3 saturated heterocycles. The summed E-state index contributed by atoms with van der Waals surface area (Å²) < 4.78 is 6.44. The fraction of sp³-hybridized carbons (Fsp3) is 0.737. The average Bonchev–Trinajstić information content (AvgIpc) is 3.32. The molecule has 3 aliphatic heterocycles. The fourth-order valence-corrected chi connectivity index (χ4v) is 5.39. The van der Waals surface area contributed by atoms with Crippen molar-refractivity contribution in [1.82, 2.24) is 9.80 Å². The lowest BCUT2D eigenvalue weighted by molar-refractivity contribution is -0.156. The molecule has 0 saturated carbocycles. The third-order valence-corrected chi connectivity index (χ3v) is 7.00. The van der Waals surface area contributed by atoms with E-state index in [-0.39, 0.29) is 17.6 Å². The molecule has 4 nitrogen and oxygen atoms in total. The molecule has 24 heavy (non-hydrogen) atoms. The molecule has 0 aromatic carbocycles. The fourth-order valence-electron chi connectivity index (χ4n) is 4.64. The van der Waals surface area contributed by atoms with Crippen LogP contribution in [-0.4, -0.2) is 53.6 Å². The van der Waals surface area contributed by atoms with Crippen molar-refractivity contribution in [3.8, 4) is 0 Å². The number of ether oxygens (including phenoxy) is 1. The van der Waals surface area contributed by atoms with Gasteiger partial charge in [-0.25, -0.2) is 0 Å². The van der Waals surface area contributed by atoms with Crippen LogP contribution in [-0.2, 0) is 16.1 Å². The molecule has 1 amide bonds. The number of hydrogen-bond acceptors (Lipinski definition) is 4. The molecule has 3 atom stereocenters. The standard InChI is InChI=1S/C19H28N2O2S/c1-15-13-20(14-16-5-4-12-24-16)11-8-19(15)7-6-17(23-19)18(22)21-9-2-3-10-21/h4-5,12,15,17H,2-3,6-11,13-14H2,1H3/t15-,17-,19+/m1/s1. The van der Waals surface area contributed by atoms with E-state index in [4.69, 9.17) is 4.74 Å². The Morgan fingerprint density at radius 2 is 2.17 bits per heavy atom. The Kier molecular flexibility index (Phi) is 4.67. The van der Waals surface area contributed by atoms with E-state index in [0.717, 1.165) is 64.8 Å². The smallest absolute Gasteiger partial charge is 0.251 e. The number of rotatable bonds is 3. The van der Waals surface area contributed by atoms with Crippen LogP contribution in [0.1, 0.15) is 43.9 Å². The summed E-state index contributed by atoms with van der Waals surface area (Å²) in [5.41, 5.74) is -0.0635. The molecule has 3 fully saturated rings. The zero-order valence-electron chi connectivity index (χ0n) is 14.6. The van der Waals surface area contributed by atoms with Crippen LogP contribution in [0.15, 0.2) is 17.5 Å². The van der Waals surface area contributed by atoms with E-state index in [1.165, 1.54) is 4.88 Å². The van der Waals surface area contributed by atoms with Gasteiger partial charge in [0.1, 0.15) is 6.10 Å². The molecule has 0 radical (unpaired) electrons. The van der Waals surface area contributed by atoms with Crippen molar-refractivity contribution in [3.63, 3.8) is 0 Å².